The zero-order valence-corrected chi connectivity index (χ0v) is 13.9. The summed E-state index contributed by atoms with van der Waals surface area (Å²) in [5, 5.41) is 0. The van der Waals surface area contributed by atoms with Gasteiger partial charge in [0.2, 0.25) is 12.3 Å². The second-order valence-electron chi connectivity index (χ2n) is 4.98. The van der Waals surface area contributed by atoms with E-state index in [0.29, 0.717) is 29.2 Å². The van der Waals surface area contributed by atoms with Gasteiger partial charge in [-0.05, 0) is 31.2 Å². The highest BCUT2D eigenvalue weighted by atomic mass is 16.5. The number of methoxy groups -OCH3 is 2. The molecular weight excluding hydrogens is 310 g/mol. The van der Waals surface area contributed by atoms with E-state index < -0.39 is 5.97 Å². The van der Waals surface area contributed by atoms with Crippen molar-refractivity contribution in [1.82, 2.24) is 0 Å². The third-order valence-corrected chi connectivity index (χ3v) is 3.40. The Bertz CT molecular complexity index is 742. The average Bonchev–Trinajstić information content (AvgIpc) is 2.61. The maximum atomic E-state index is 12.5. The van der Waals surface area contributed by atoms with Gasteiger partial charge in [-0.25, -0.2) is 4.79 Å². The quantitative estimate of drug-likeness (QED) is 0.442. The summed E-state index contributed by atoms with van der Waals surface area (Å²) in [4.78, 5) is 24.2. The van der Waals surface area contributed by atoms with E-state index >= 15 is 0 Å². The molecule has 24 heavy (non-hydrogen) atoms. The van der Waals surface area contributed by atoms with Crippen molar-refractivity contribution in [2.45, 2.75) is 13.5 Å². The largest absolute Gasteiger partial charge is 0.493 e. The molecule has 2 rings (SSSR count). The van der Waals surface area contributed by atoms with Crippen molar-refractivity contribution in [2.24, 2.45) is 0 Å². The van der Waals surface area contributed by atoms with Crippen molar-refractivity contribution in [1.29, 1.82) is 0 Å². The van der Waals surface area contributed by atoms with Crippen LogP contribution in [0.5, 0.6) is 11.5 Å². The fourth-order valence-electron chi connectivity index (χ4n) is 2.22. The van der Waals surface area contributed by atoms with Crippen LogP contribution < -0.4 is 14.0 Å². The summed E-state index contributed by atoms with van der Waals surface area (Å²) in [5.41, 5.74) is 0.904. The number of carbonyl (C=O) groups is 2. The smallest absolute Gasteiger partial charge is 0.344 e. The lowest BCUT2D eigenvalue weighted by Gasteiger charge is -2.08. The summed E-state index contributed by atoms with van der Waals surface area (Å²) >= 11 is 0. The second kappa shape index (κ2) is 8.10. The van der Waals surface area contributed by atoms with Gasteiger partial charge >= 0.3 is 5.97 Å². The van der Waals surface area contributed by atoms with Crippen molar-refractivity contribution < 1.29 is 28.4 Å². The number of benzene rings is 1. The first-order valence-corrected chi connectivity index (χ1v) is 7.50. The van der Waals surface area contributed by atoms with Crippen LogP contribution in [0.15, 0.2) is 42.7 Å². The van der Waals surface area contributed by atoms with E-state index in [-0.39, 0.29) is 12.3 Å². The van der Waals surface area contributed by atoms with E-state index in [4.69, 9.17) is 14.2 Å². The Balaban J connectivity index is 2.18. The molecule has 6 nitrogen and oxygen atoms in total. The molecule has 0 saturated heterocycles. The summed E-state index contributed by atoms with van der Waals surface area (Å²) in [6.45, 7) is 2.15. The summed E-state index contributed by atoms with van der Waals surface area (Å²) < 4.78 is 17.0. The molecule has 126 valence electrons. The van der Waals surface area contributed by atoms with Gasteiger partial charge in [0.05, 0.1) is 20.8 Å². The average molecular weight is 330 g/mol. The first-order valence-electron chi connectivity index (χ1n) is 7.50. The predicted octanol–water partition coefficient (Wildman–Crippen LogP) is 2.05. The third kappa shape index (κ3) is 4.10. The van der Waals surface area contributed by atoms with Crippen molar-refractivity contribution in [3.8, 4) is 11.5 Å². The van der Waals surface area contributed by atoms with Crippen LogP contribution in [-0.2, 0) is 11.3 Å². The minimum atomic E-state index is -0.412. The number of esters is 1. The van der Waals surface area contributed by atoms with E-state index in [1.54, 1.807) is 54.2 Å². The van der Waals surface area contributed by atoms with Crippen molar-refractivity contribution in [3.63, 3.8) is 0 Å². The molecule has 1 heterocycles. The van der Waals surface area contributed by atoms with Gasteiger partial charge in [0.15, 0.2) is 23.9 Å². The number of nitrogens with zero attached hydrogens (tertiary/aromatic N) is 1. The number of pyridine rings is 1. The molecule has 0 aliphatic carbocycles. The van der Waals surface area contributed by atoms with Gasteiger partial charge in [-0.3, -0.25) is 4.79 Å². The fraction of sp³-hybridized carbons (Fsp3) is 0.278. The van der Waals surface area contributed by atoms with Gasteiger partial charge in [-0.1, -0.05) is 0 Å². The Morgan fingerprint density at radius 1 is 1.04 bits per heavy atom. The van der Waals surface area contributed by atoms with E-state index in [0.717, 1.165) is 0 Å². The van der Waals surface area contributed by atoms with Gasteiger partial charge < -0.3 is 14.2 Å². The Kier molecular flexibility index (Phi) is 5.89. The molecule has 0 N–H and O–H groups in total. The van der Waals surface area contributed by atoms with Crippen LogP contribution in [0.1, 0.15) is 27.6 Å². The predicted molar refractivity (Wildman–Crippen MR) is 86.5 cm³/mol. The summed E-state index contributed by atoms with van der Waals surface area (Å²) in [7, 11) is 3.06. The Hall–Kier alpha value is -2.89. The Labute approximate surface area is 140 Å². The zero-order valence-electron chi connectivity index (χ0n) is 13.9. The number of Topliss-reactive ketones (excluding diaryl/α,β-unsaturated/α-hetero) is 1. The molecule has 0 amide bonds. The monoisotopic (exact) mass is 330 g/mol. The van der Waals surface area contributed by atoms with Crippen LogP contribution >= 0.6 is 0 Å². The third-order valence-electron chi connectivity index (χ3n) is 3.40. The number of rotatable bonds is 7. The van der Waals surface area contributed by atoms with Crippen molar-refractivity contribution in [2.75, 3.05) is 20.8 Å². The van der Waals surface area contributed by atoms with Gasteiger partial charge in [-0.15, -0.1) is 0 Å². The van der Waals surface area contributed by atoms with Crippen molar-refractivity contribution >= 4 is 11.8 Å². The molecule has 0 atom stereocenters. The Morgan fingerprint density at radius 2 is 1.79 bits per heavy atom. The van der Waals surface area contributed by atoms with E-state index in [2.05, 4.69) is 0 Å². The van der Waals surface area contributed by atoms with Crippen LogP contribution in [-0.4, -0.2) is 32.6 Å². The minimum Gasteiger partial charge on any atom is -0.493 e. The number of hydrogen-bond acceptors (Lipinski definition) is 5. The number of ketones is 1. The van der Waals surface area contributed by atoms with Crippen LogP contribution in [0.4, 0.5) is 0 Å². The van der Waals surface area contributed by atoms with Crippen LogP contribution in [0.2, 0.25) is 0 Å². The van der Waals surface area contributed by atoms with Gasteiger partial charge in [0, 0.05) is 11.6 Å². The van der Waals surface area contributed by atoms with Crippen molar-refractivity contribution in [3.05, 3.63) is 53.9 Å². The fourth-order valence-corrected chi connectivity index (χ4v) is 2.22. The topological polar surface area (TPSA) is 65.7 Å². The van der Waals surface area contributed by atoms with Gasteiger partial charge in [0.25, 0.3) is 0 Å². The zero-order chi connectivity index (χ0) is 17.5. The molecule has 0 unspecified atom stereocenters. The number of ether oxygens (including phenoxy) is 3. The highest BCUT2D eigenvalue weighted by Crippen LogP contribution is 2.27. The summed E-state index contributed by atoms with van der Waals surface area (Å²) in [6.07, 6.45) is 3.32. The molecule has 6 heteroatoms. The SMILES string of the molecule is CCOC(=O)c1ccc[n+](CC(=O)c2ccc(OC)c(OC)c2)c1. The highest BCUT2D eigenvalue weighted by Gasteiger charge is 2.17. The highest BCUT2D eigenvalue weighted by molar-refractivity contribution is 5.95. The molecule has 1 aromatic carbocycles. The minimum absolute atomic E-state index is 0.0999. The molecule has 0 saturated carbocycles. The molecule has 0 aliphatic heterocycles. The molecule has 0 fully saturated rings. The second-order valence-corrected chi connectivity index (χ2v) is 4.98. The maximum absolute atomic E-state index is 12.5. The van der Waals surface area contributed by atoms with Gasteiger partial charge in [0.1, 0.15) is 5.56 Å². The molecule has 1 aromatic heterocycles. The lowest BCUT2D eigenvalue weighted by atomic mass is 10.1. The lowest BCUT2D eigenvalue weighted by Crippen LogP contribution is -2.38. The Morgan fingerprint density at radius 3 is 2.46 bits per heavy atom. The lowest BCUT2D eigenvalue weighted by molar-refractivity contribution is -0.683. The molecular formula is C18H20NO5+. The van der Waals surface area contributed by atoms with Crippen LogP contribution in [0.25, 0.3) is 0 Å². The van der Waals surface area contributed by atoms with Crippen LogP contribution in [0, 0.1) is 0 Å². The molecule has 0 spiro atoms. The molecule has 2 aromatic rings. The first kappa shape index (κ1) is 17.5. The van der Waals surface area contributed by atoms with E-state index in [1.807, 2.05) is 0 Å². The molecule has 0 radical (unpaired) electrons. The maximum Gasteiger partial charge on any atom is 0.344 e. The number of carbonyl (C=O) groups excluding carboxylic acids is 2. The van der Waals surface area contributed by atoms with Gasteiger partial charge in [-0.2, -0.15) is 4.57 Å². The summed E-state index contributed by atoms with van der Waals surface area (Å²) in [5.74, 6) is 0.534. The van der Waals surface area contributed by atoms with E-state index in [1.165, 1.54) is 14.2 Å². The molecule has 0 aliphatic rings. The van der Waals surface area contributed by atoms with Crippen LogP contribution in [0.3, 0.4) is 0 Å². The number of hydrogen-bond donors (Lipinski definition) is 0. The molecule has 0 bridgehead atoms. The normalized spacial score (nSPS) is 10.1. The first-order chi connectivity index (χ1) is 11.6. The summed E-state index contributed by atoms with van der Waals surface area (Å²) in [6, 6.07) is 8.35. The van der Waals surface area contributed by atoms with E-state index in [9.17, 15) is 9.59 Å². The number of aromatic nitrogens is 1. The standard InChI is InChI=1S/C18H20NO5/c1-4-24-18(21)14-6-5-9-19(11-14)12-15(20)13-7-8-16(22-2)17(10-13)23-3/h5-11H,4,12H2,1-3H3/q+1.